The van der Waals surface area contributed by atoms with Crippen LogP contribution in [0.15, 0.2) is 29.3 Å². The van der Waals surface area contributed by atoms with Gasteiger partial charge in [0.05, 0.1) is 30.9 Å². The first-order chi connectivity index (χ1) is 10.7. The molecule has 2 amide bonds. The van der Waals surface area contributed by atoms with Crippen molar-refractivity contribution < 1.29 is 14.3 Å². The summed E-state index contributed by atoms with van der Waals surface area (Å²) in [5.41, 5.74) is 6.83. The average molecular weight is 302 g/mol. The number of hydrogen-bond acceptors (Lipinski definition) is 4. The maximum atomic E-state index is 12.2. The summed E-state index contributed by atoms with van der Waals surface area (Å²) in [6.45, 7) is 3.22. The van der Waals surface area contributed by atoms with Crippen LogP contribution in [0.4, 0.5) is 0 Å². The number of rotatable bonds is 3. The summed E-state index contributed by atoms with van der Waals surface area (Å²) in [6, 6.07) is 6.84. The molecule has 0 spiro atoms. The maximum absolute atomic E-state index is 12.2. The highest BCUT2D eigenvalue weighted by Gasteiger charge is 2.34. The fraction of sp³-hybridized carbons (Fsp3) is 0.400. The van der Waals surface area contributed by atoms with Gasteiger partial charge in [-0.15, -0.1) is 0 Å². The van der Waals surface area contributed by atoms with Crippen LogP contribution in [0.5, 0.6) is 0 Å². The summed E-state index contributed by atoms with van der Waals surface area (Å²) in [6.07, 6.45) is 0. The topological polar surface area (TPSA) is 88.2 Å². The first-order valence-corrected chi connectivity index (χ1v) is 7.26. The monoisotopic (exact) mass is 302 g/mol. The normalized spacial score (nSPS) is 18.8. The van der Waals surface area contributed by atoms with Gasteiger partial charge < -0.3 is 15.4 Å². The van der Waals surface area contributed by atoms with E-state index in [4.69, 9.17) is 10.5 Å². The highest BCUT2D eigenvalue weighted by atomic mass is 16.5. The van der Waals surface area contributed by atoms with E-state index in [2.05, 4.69) is 4.99 Å². The van der Waals surface area contributed by atoms with Crippen LogP contribution in [0.1, 0.15) is 20.7 Å². The van der Waals surface area contributed by atoms with Crippen LogP contribution in [-0.4, -0.2) is 67.0 Å². The van der Waals surface area contributed by atoms with Crippen LogP contribution in [-0.2, 0) is 4.74 Å². The van der Waals surface area contributed by atoms with Crippen molar-refractivity contribution >= 4 is 17.8 Å². The van der Waals surface area contributed by atoms with Gasteiger partial charge in [0.15, 0.2) is 5.96 Å². The van der Waals surface area contributed by atoms with Crippen molar-refractivity contribution in [3.05, 3.63) is 35.4 Å². The van der Waals surface area contributed by atoms with Gasteiger partial charge in [-0.1, -0.05) is 12.1 Å². The first-order valence-electron chi connectivity index (χ1n) is 7.26. The Kier molecular flexibility index (Phi) is 4.06. The van der Waals surface area contributed by atoms with Gasteiger partial charge >= 0.3 is 0 Å². The number of aliphatic imine (C=N–C) groups is 1. The minimum Gasteiger partial charge on any atom is -0.378 e. The van der Waals surface area contributed by atoms with Crippen LogP contribution in [0.2, 0.25) is 0 Å². The van der Waals surface area contributed by atoms with Gasteiger partial charge in [0.2, 0.25) is 0 Å². The molecule has 1 saturated heterocycles. The second-order valence-electron chi connectivity index (χ2n) is 5.15. The average Bonchev–Trinajstić information content (AvgIpc) is 2.81. The van der Waals surface area contributed by atoms with Crippen molar-refractivity contribution in [3.8, 4) is 0 Å². The molecule has 3 rings (SSSR count). The van der Waals surface area contributed by atoms with E-state index in [9.17, 15) is 9.59 Å². The van der Waals surface area contributed by atoms with Gasteiger partial charge in [-0.05, 0) is 12.1 Å². The second-order valence-corrected chi connectivity index (χ2v) is 5.15. The van der Waals surface area contributed by atoms with Gasteiger partial charge in [0, 0.05) is 19.6 Å². The highest BCUT2D eigenvalue weighted by molar-refractivity contribution is 6.21. The van der Waals surface area contributed by atoms with E-state index in [0.717, 1.165) is 0 Å². The van der Waals surface area contributed by atoms with E-state index in [0.29, 0.717) is 49.9 Å². The number of carbonyl (C=O) groups is 2. The van der Waals surface area contributed by atoms with E-state index in [1.807, 2.05) is 4.90 Å². The lowest BCUT2D eigenvalue weighted by atomic mass is 10.1. The smallest absolute Gasteiger partial charge is 0.261 e. The van der Waals surface area contributed by atoms with Gasteiger partial charge in [0.25, 0.3) is 11.8 Å². The van der Waals surface area contributed by atoms with Gasteiger partial charge in [-0.3, -0.25) is 19.5 Å². The molecule has 22 heavy (non-hydrogen) atoms. The summed E-state index contributed by atoms with van der Waals surface area (Å²) in [5, 5.41) is 0. The predicted octanol–water partition coefficient (Wildman–Crippen LogP) is -0.0705. The first kappa shape index (κ1) is 14.5. The number of fused-ring (bicyclic) bond motifs is 1. The molecule has 2 N–H and O–H groups in total. The molecule has 0 bridgehead atoms. The molecule has 7 nitrogen and oxygen atoms in total. The molecule has 0 aliphatic carbocycles. The third kappa shape index (κ3) is 2.67. The molecular weight excluding hydrogens is 284 g/mol. The number of morpholine rings is 1. The van der Waals surface area contributed by atoms with Crippen LogP contribution in [0.25, 0.3) is 0 Å². The fourth-order valence-electron chi connectivity index (χ4n) is 2.60. The lowest BCUT2D eigenvalue weighted by Crippen LogP contribution is -2.45. The number of benzene rings is 1. The molecule has 116 valence electrons. The summed E-state index contributed by atoms with van der Waals surface area (Å²) in [7, 11) is 0. The van der Waals surface area contributed by atoms with E-state index in [1.165, 1.54) is 4.90 Å². The zero-order valence-corrected chi connectivity index (χ0v) is 12.2. The van der Waals surface area contributed by atoms with Crippen molar-refractivity contribution in [2.45, 2.75) is 0 Å². The standard InChI is InChI=1S/C15H18N4O3/c16-15(18-7-9-22-10-8-18)17-5-6-19-13(20)11-3-1-2-4-12(11)14(19)21/h1-4H,5-10H2,(H2,16,17). The quantitative estimate of drug-likeness (QED) is 0.480. The number of nitrogens with zero attached hydrogens (tertiary/aromatic N) is 3. The molecule has 7 heteroatoms. The Morgan fingerprint density at radius 3 is 2.32 bits per heavy atom. The van der Waals surface area contributed by atoms with Crippen molar-refractivity contribution in [1.82, 2.24) is 9.80 Å². The van der Waals surface area contributed by atoms with Gasteiger partial charge in [-0.2, -0.15) is 0 Å². The van der Waals surface area contributed by atoms with Crippen molar-refractivity contribution in [2.75, 3.05) is 39.4 Å². The second kappa shape index (κ2) is 6.15. The molecule has 0 aromatic heterocycles. The van der Waals surface area contributed by atoms with Crippen LogP contribution in [0, 0.1) is 0 Å². The largest absolute Gasteiger partial charge is 0.378 e. The summed E-state index contributed by atoms with van der Waals surface area (Å²) >= 11 is 0. The Morgan fingerprint density at radius 1 is 1.14 bits per heavy atom. The van der Waals surface area contributed by atoms with Gasteiger partial charge in [0.1, 0.15) is 0 Å². The van der Waals surface area contributed by atoms with Crippen molar-refractivity contribution in [2.24, 2.45) is 10.7 Å². The Hall–Kier alpha value is -2.41. The van der Waals surface area contributed by atoms with E-state index < -0.39 is 0 Å². The molecule has 1 aromatic rings. The lowest BCUT2D eigenvalue weighted by Gasteiger charge is -2.27. The highest BCUT2D eigenvalue weighted by Crippen LogP contribution is 2.21. The van der Waals surface area contributed by atoms with Gasteiger partial charge in [-0.25, -0.2) is 0 Å². The van der Waals surface area contributed by atoms with Crippen LogP contribution in [0.3, 0.4) is 0 Å². The van der Waals surface area contributed by atoms with E-state index in [-0.39, 0.29) is 18.4 Å². The van der Waals surface area contributed by atoms with Crippen LogP contribution < -0.4 is 5.73 Å². The Labute approximate surface area is 128 Å². The molecular formula is C15H18N4O3. The van der Waals surface area contributed by atoms with E-state index in [1.54, 1.807) is 24.3 Å². The Bertz CT molecular complexity index is 588. The number of nitrogens with two attached hydrogens (primary N) is 1. The SMILES string of the molecule is NC(=NCCN1C(=O)c2ccccc2C1=O)N1CCOCC1. The predicted molar refractivity (Wildman–Crippen MR) is 80.7 cm³/mol. The molecule has 2 aliphatic heterocycles. The number of amides is 2. The molecule has 2 aliphatic rings. The number of imide groups is 1. The number of ether oxygens (including phenoxy) is 1. The molecule has 2 heterocycles. The molecule has 1 fully saturated rings. The minimum atomic E-state index is -0.263. The number of guanidine groups is 1. The fourth-order valence-corrected chi connectivity index (χ4v) is 2.60. The molecule has 0 radical (unpaired) electrons. The summed E-state index contributed by atoms with van der Waals surface area (Å²) in [5.74, 6) is -0.0959. The van der Waals surface area contributed by atoms with Crippen molar-refractivity contribution in [1.29, 1.82) is 0 Å². The third-order valence-electron chi connectivity index (χ3n) is 3.81. The summed E-state index contributed by atoms with van der Waals surface area (Å²) < 4.78 is 5.25. The molecule has 0 saturated carbocycles. The molecule has 1 aromatic carbocycles. The lowest BCUT2D eigenvalue weighted by molar-refractivity contribution is 0.0655. The maximum Gasteiger partial charge on any atom is 0.261 e. The zero-order valence-electron chi connectivity index (χ0n) is 12.2. The number of hydrogen-bond donors (Lipinski definition) is 1. The zero-order chi connectivity index (χ0) is 15.5. The molecule has 0 unspecified atom stereocenters. The van der Waals surface area contributed by atoms with E-state index >= 15 is 0 Å². The Morgan fingerprint density at radius 2 is 1.73 bits per heavy atom. The minimum absolute atomic E-state index is 0.234. The summed E-state index contributed by atoms with van der Waals surface area (Å²) in [4.78, 5) is 31.8. The molecule has 0 atom stereocenters. The number of carbonyl (C=O) groups excluding carboxylic acids is 2. The third-order valence-corrected chi connectivity index (χ3v) is 3.81. The van der Waals surface area contributed by atoms with Crippen LogP contribution >= 0.6 is 0 Å². The Balaban J connectivity index is 1.61. The van der Waals surface area contributed by atoms with Crippen molar-refractivity contribution in [3.63, 3.8) is 0 Å².